The number of hydrogen-bond donors (Lipinski definition) is 0. The number of nitrogens with zero attached hydrogens (tertiary/aromatic N) is 3. The number of benzene rings is 1. The highest BCUT2D eigenvalue weighted by molar-refractivity contribution is 6.32. The predicted octanol–water partition coefficient (Wildman–Crippen LogP) is 3.65. The second-order valence-electron chi connectivity index (χ2n) is 5.25. The fraction of sp³-hybridized carbons (Fsp3) is 0.294. The predicted molar refractivity (Wildman–Crippen MR) is 86.3 cm³/mol. The Hall–Kier alpha value is -2.25. The standard InChI is InChI=1S/C17H16ClN3O/c18-15-7-1-2-8-16(15)22-14-6-4-10-21(12-14)17-9-3-5-13(11-19)20-17/h1-3,5,7-9,14H,4,6,10,12H2. The van der Waals surface area contributed by atoms with Gasteiger partial charge in [0.1, 0.15) is 29.4 Å². The Labute approximate surface area is 134 Å². The molecular weight excluding hydrogens is 298 g/mol. The van der Waals surface area contributed by atoms with Gasteiger partial charge in [-0.05, 0) is 37.1 Å². The number of pyridine rings is 1. The summed E-state index contributed by atoms with van der Waals surface area (Å²) in [5.41, 5.74) is 0.437. The van der Waals surface area contributed by atoms with Gasteiger partial charge in [0, 0.05) is 6.54 Å². The summed E-state index contributed by atoms with van der Waals surface area (Å²) in [5, 5.41) is 9.60. The summed E-state index contributed by atoms with van der Waals surface area (Å²) in [6.07, 6.45) is 2.08. The van der Waals surface area contributed by atoms with Crippen molar-refractivity contribution in [2.24, 2.45) is 0 Å². The van der Waals surface area contributed by atoms with Crippen LogP contribution in [0.3, 0.4) is 0 Å². The minimum absolute atomic E-state index is 0.0705. The SMILES string of the molecule is N#Cc1cccc(N2CCCC(Oc3ccccc3Cl)C2)n1. The van der Waals surface area contributed by atoms with Crippen molar-refractivity contribution in [2.75, 3.05) is 18.0 Å². The van der Waals surface area contributed by atoms with Crippen molar-refractivity contribution in [1.29, 1.82) is 5.26 Å². The lowest BCUT2D eigenvalue weighted by atomic mass is 10.1. The molecule has 22 heavy (non-hydrogen) atoms. The summed E-state index contributed by atoms with van der Waals surface area (Å²) in [7, 11) is 0. The molecule has 1 aliphatic heterocycles. The van der Waals surface area contributed by atoms with Crippen LogP contribution in [-0.4, -0.2) is 24.2 Å². The smallest absolute Gasteiger partial charge is 0.142 e. The third kappa shape index (κ3) is 3.32. The number of para-hydroxylation sites is 1. The van der Waals surface area contributed by atoms with Crippen LogP contribution in [0.15, 0.2) is 42.5 Å². The van der Waals surface area contributed by atoms with Gasteiger partial charge >= 0.3 is 0 Å². The van der Waals surface area contributed by atoms with Gasteiger partial charge in [0.05, 0.1) is 11.6 Å². The number of aromatic nitrogens is 1. The second kappa shape index (κ2) is 6.67. The summed E-state index contributed by atoms with van der Waals surface area (Å²) in [4.78, 5) is 6.52. The minimum atomic E-state index is 0.0705. The van der Waals surface area contributed by atoms with E-state index in [2.05, 4.69) is 16.0 Å². The number of nitriles is 1. The second-order valence-corrected chi connectivity index (χ2v) is 5.66. The van der Waals surface area contributed by atoms with Gasteiger partial charge in [-0.25, -0.2) is 4.98 Å². The van der Waals surface area contributed by atoms with Crippen molar-refractivity contribution in [1.82, 2.24) is 4.98 Å². The highest BCUT2D eigenvalue weighted by Crippen LogP contribution is 2.27. The average Bonchev–Trinajstić information content (AvgIpc) is 2.57. The van der Waals surface area contributed by atoms with E-state index in [4.69, 9.17) is 21.6 Å². The number of anilines is 1. The van der Waals surface area contributed by atoms with Crippen molar-refractivity contribution in [2.45, 2.75) is 18.9 Å². The van der Waals surface area contributed by atoms with Crippen molar-refractivity contribution in [3.63, 3.8) is 0 Å². The first-order valence-corrected chi connectivity index (χ1v) is 7.67. The molecule has 4 nitrogen and oxygen atoms in total. The van der Waals surface area contributed by atoms with E-state index in [1.807, 2.05) is 36.4 Å². The third-order valence-electron chi connectivity index (χ3n) is 3.68. The van der Waals surface area contributed by atoms with E-state index in [9.17, 15) is 0 Å². The van der Waals surface area contributed by atoms with Crippen LogP contribution < -0.4 is 9.64 Å². The molecule has 2 aromatic rings. The monoisotopic (exact) mass is 313 g/mol. The summed E-state index contributed by atoms with van der Waals surface area (Å²) >= 11 is 6.15. The largest absolute Gasteiger partial charge is 0.487 e. The van der Waals surface area contributed by atoms with E-state index >= 15 is 0 Å². The Morgan fingerprint density at radius 3 is 2.91 bits per heavy atom. The molecule has 0 bridgehead atoms. The lowest BCUT2D eigenvalue weighted by Gasteiger charge is -2.33. The van der Waals surface area contributed by atoms with E-state index in [0.717, 1.165) is 37.5 Å². The van der Waals surface area contributed by atoms with Gasteiger partial charge in [0.15, 0.2) is 0 Å². The first-order valence-electron chi connectivity index (χ1n) is 7.29. The highest BCUT2D eigenvalue weighted by Gasteiger charge is 2.23. The van der Waals surface area contributed by atoms with Gasteiger partial charge in [-0.2, -0.15) is 5.26 Å². The zero-order valence-electron chi connectivity index (χ0n) is 12.1. The van der Waals surface area contributed by atoms with Crippen LogP contribution in [0.2, 0.25) is 5.02 Å². The van der Waals surface area contributed by atoms with Crippen molar-refractivity contribution >= 4 is 17.4 Å². The van der Waals surface area contributed by atoms with Crippen molar-refractivity contribution in [3.8, 4) is 11.8 Å². The molecule has 0 saturated carbocycles. The number of piperidine rings is 1. The Bertz CT molecular complexity index is 698. The normalized spacial score (nSPS) is 17.8. The number of hydrogen-bond acceptors (Lipinski definition) is 4. The number of halogens is 1. The van der Waals surface area contributed by atoms with Crippen LogP contribution in [0.4, 0.5) is 5.82 Å². The highest BCUT2D eigenvalue weighted by atomic mass is 35.5. The first-order chi connectivity index (χ1) is 10.8. The summed E-state index contributed by atoms with van der Waals surface area (Å²) in [6.45, 7) is 1.66. The zero-order chi connectivity index (χ0) is 15.4. The maximum Gasteiger partial charge on any atom is 0.142 e. The van der Waals surface area contributed by atoms with Gasteiger partial charge in [-0.1, -0.05) is 29.8 Å². The quantitative estimate of drug-likeness (QED) is 0.867. The zero-order valence-corrected chi connectivity index (χ0v) is 12.8. The van der Waals surface area contributed by atoms with Crippen LogP contribution in [-0.2, 0) is 0 Å². The Kier molecular flexibility index (Phi) is 4.45. The van der Waals surface area contributed by atoms with E-state index < -0.39 is 0 Å². The fourth-order valence-corrected chi connectivity index (χ4v) is 2.80. The molecule has 1 unspecified atom stereocenters. The van der Waals surface area contributed by atoms with Gasteiger partial charge < -0.3 is 9.64 Å². The molecule has 0 radical (unpaired) electrons. The molecule has 1 fully saturated rings. The molecule has 5 heteroatoms. The molecule has 2 heterocycles. The Balaban J connectivity index is 1.71. The molecule has 1 saturated heterocycles. The van der Waals surface area contributed by atoms with Crippen LogP contribution >= 0.6 is 11.6 Å². The van der Waals surface area contributed by atoms with E-state index in [-0.39, 0.29) is 6.10 Å². The molecule has 1 aliphatic rings. The lowest BCUT2D eigenvalue weighted by molar-refractivity contribution is 0.179. The first kappa shape index (κ1) is 14.7. The number of ether oxygens (including phenoxy) is 1. The summed E-state index contributed by atoms with van der Waals surface area (Å²) in [6, 6.07) is 15.1. The summed E-state index contributed by atoms with van der Waals surface area (Å²) < 4.78 is 6.03. The van der Waals surface area contributed by atoms with Gasteiger partial charge in [0.25, 0.3) is 0 Å². The maximum absolute atomic E-state index is 8.97. The van der Waals surface area contributed by atoms with E-state index in [0.29, 0.717) is 10.7 Å². The molecule has 1 aromatic carbocycles. The lowest BCUT2D eigenvalue weighted by Crippen LogP contribution is -2.41. The molecule has 112 valence electrons. The Morgan fingerprint density at radius 1 is 1.23 bits per heavy atom. The van der Waals surface area contributed by atoms with Gasteiger partial charge in [-0.3, -0.25) is 0 Å². The van der Waals surface area contributed by atoms with Crippen LogP contribution in [0.25, 0.3) is 0 Å². The molecule has 0 amide bonds. The van der Waals surface area contributed by atoms with Crippen molar-refractivity contribution in [3.05, 3.63) is 53.2 Å². The molecule has 1 atom stereocenters. The van der Waals surface area contributed by atoms with Crippen LogP contribution in [0.5, 0.6) is 5.75 Å². The van der Waals surface area contributed by atoms with E-state index in [1.165, 1.54) is 0 Å². The van der Waals surface area contributed by atoms with Crippen molar-refractivity contribution < 1.29 is 4.74 Å². The maximum atomic E-state index is 8.97. The molecule has 0 aliphatic carbocycles. The van der Waals surface area contributed by atoms with Gasteiger partial charge in [0.2, 0.25) is 0 Å². The average molecular weight is 314 g/mol. The molecule has 1 aromatic heterocycles. The third-order valence-corrected chi connectivity index (χ3v) is 3.99. The number of rotatable bonds is 3. The van der Waals surface area contributed by atoms with Crippen LogP contribution in [0.1, 0.15) is 18.5 Å². The van der Waals surface area contributed by atoms with Gasteiger partial charge in [-0.15, -0.1) is 0 Å². The van der Waals surface area contributed by atoms with Crippen LogP contribution in [0, 0.1) is 11.3 Å². The summed E-state index contributed by atoms with van der Waals surface area (Å²) in [5.74, 6) is 1.54. The van der Waals surface area contributed by atoms with E-state index in [1.54, 1.807) is 6.07 Å². The molecule has 0 spiro atoms. The molecular formula is C17H16ClN3O. The molecule has 3 rings (SSSR count). The molecule has 0 N–H and O–H groups in total. The fourth-order valence-electron chi connectivity index (χ4n) is 2.62. The minimum Gasteiger partial charge on any atom is -0.487 e. The Morgan fingerprint density at radius 2 is 2.09 bits per heavy atom. The topological polar surface area (TPSA) is 49.2 Å².